The van der Waals surface area contributed by atoms with E-state index in [0.717, 1.165) is 31.8 Å². The van der Waals surface area contributed by atoms with Crippen molar-refractivity contribution in [1.82, 2.24) is 4.90 Å². The predicted octanol–water partition coefficient (Wildman–Crippen LogP) is 2.15. The van der Waals surface area contributed by atoms with Gasteiger partial charge in [-0.05, 0) is 17.5 Å². The van der Waals surface area contributed by atoms with Gasteiger partial charge < -0.3 is 4.90 Å². The van der Waals surface area contributed by atoms with Crippen LogP contribution in [-0.2, 0) is 13.0 Å². The van der Waals surface area contributed by atoms with Crippen LogP contribution >= 0.6 is 11.8 Å². The van der Waals surface area contributed by atoms with Crippen molar-refractivity contribution >= 4 is 16.9 Å². The Bertz CT molecular complexity index is 400. The molecule has 15 heavy (non-hydrogen) atoms. The zero-order valence-electron chi connectivity index (χ0n) is 8.65. The highest BCUT2D eigenvalue weighted by Crippen LogP contribution is 2.23. The van der Waals surface area contributed by atoms with Gasteiger partial charge >= 0.3 is 0 Å². The third-order valence-electron chi connectivity index (χ3n) is 2.97. The molecule has 0 aliphatic carbocycles. The van der Waals surface area contributed by atoms with E-state index in [4.69, 9.17) is 0 Å². The van der Waals surface area contributed by atoms with E-state index in [1.165, 1.54) is 16.3 Å². The van der Waals surface area contributed by atoms with Gasteiger partial charge in [0.1, 0.15) is 0 Å². The highest BCUT2D eigenvalue weighted by Gasteiger charge is 2.20. The monoisotopic (exact) mass is 218 g/mol. The number of hydrogen-bond donors (Lipinski definition) is 0. The second-order valence-corrected chi connectivity index (χ2v) is 5.02. The first kappa shape index (κ1) is 9.28. The van der Waals surface area contributed by atoms with Gasteiger partial charge in [0.05, 0.1) is 6.54 Å². The molecule has 1 aromatic carbocycles. The summed E-state index contributed by atoms with van der Waals surface area (Å²) in [7, 11) is 0. The molecular formula is C12H14N2S. The normalized spacial score (nSPS) is 20.0. The van der Waals surface area contributed by atoms with Crippen molar-refractivity contribution in [1.29, 1.82) is 0 Å². The minimum Gasteiger partial charge on any atom is -0.347 e. The number of aliphatic imine (C=N–C) groups is 1. The molecule has 0 spiro atoms. The SMILES string of the molecule is c1ccc2c(c1)CCN(C1=NCCS1)C2. The summed E-state index contributed by atoms with van der Waals surface area (Å²) in [5, 5.41) is 1.25. The molecule has 2 aliphatic heterocycles. The Morgan fingerprint density at radius 1 is 1.20 bits per heavy atom. The average molecular weight is 218 g/mol. The second kappa shape index (κ2) is 3.89. The van der Waals surface area contributed by atoms with Gasteiger partial charge in [-0.3, -0.25) is 4.99 Å². The molecule has 0 saturated carbocycles. The Kier molecular flexibility index (Phi) is 2.41. The molecule has 0 radical (unpaired) electrons. The van der Waals surface area contributed by atoms with Gasteiger partial charge in [-0.1, -0.05) is 36.0 Å². The highest BCUT2D eigenvalue weighted by atomic mass is 32.2. The number of fused-ring (bicyclic) bond motifs is 1. The van der Waals surface area contributed by atoms with Crippen molar-refractivity contribution in [2.75, 3.05) is 18.8 Å². The van der Waals surface area contributed by atoms with Crippen LogP contribution in [-0.4, -0.2) is 28.9 Å². The lowest BCUT2D eigenvalue weighted by Gasteiger charge is -2.29. The molecule has 2 aliphatic rings. The van der Waals surface area contributed by atoms with E-state index in [-0.39, 0.29) is 0 Å². The number of amidine groups is 1. The second-order valence-electron chi connectivity index (χ2n) is 3.95. The summed E-state index contributed by atoms with van der Waals surface area (Å²) in [6.07, 6.45) is 1.16. The smallest absolute Gasteiger partial charge is 0.159 e. The zero-order valence-corrected chi connectivity index (χ0v) is 9.46. The van der Waals surface area contributed by atoms with E-state index in [0.29, 0.717) is 0 Å². The van der Waals surface area contributed by atoms with Crippen LogP contribution < -0.4 is 0 Å². The van der Waals surface area contributed by atoms with Gasteiger partial charge in [0.2, 0.25) is 0 Å². The molecule has 0 fully saturated rings. The van der Waals surface area contributed by atoms with Gasteiger partial charge in [0.15, 0.2) is 5.17 Å². The van der Waals surface area contributed by atoms with E-state index < -0.39 is 0 Å². The number of nitrogens with zero attached hydrogens (tertiary/aromatic N) is 2. The first-order valence-corrected chi connectivity index (χ1v) is 6.41. The van der Waals surface area contributed by atoms with E-state index in [1.54, 1.807) is 0 Å². The quantitative estimate of drug-likeness (QED) is 0.663. The minimum absolute atomic E-state index is 0.998. The van der Waals surface area contributed by atoms with Crippen LogP contribution in [0.15, 0.2) is 29.3 Å². The number of hydrogen-bond acceptors (Lipinski definition) is 3. The molecule has 2 heterocycles. The molecule has 0 bridgehead atoms. The van der Waals surface area contributed by atoms with Gasteiger partial charge in [0.25, 0.3) is 0 Å². The first-order valence-electron chi connectivity index (χ1n) is 5.42. The van der Waals surface area contributed by atoms with Crippen molar-refractivity contribution < 1.29 is 0 Å². The zero-order chi connectivity index (χ0) is 10.1. The topological polar surface area (TPSA) is 15.6 Å². The largest absolute Gasteiger partial charge is 0.347 e. The molecule has 3 heteroatoms. The van der Waals surface area contributed by atoms with E-state index in [9.17, 15) is 0 Å². The fraction of sp³-hybridized carbons (Fsp3) is 0.417. The Morgan fingerprint density at radius 3 is 2.87 bits per heavy atom. The fourth-order valence-corrected chi connectivity index (χ4v) is 3.06. The molecule has 1 aromatic rings. The number of rotatable bonds is 0. The summed E-state index contributed by atoms with van der Waals surface area (Å²) >= 11 is 1.90. The fourth-order valence-electron chi connectivity index (χ4n) is 2.17. The third-order valence-corrected chi connectivity index (χ3v) is 4.00. The summed E-state index contributed by atoms with van der Waals surface area (Å²) in [5.74, 6) is 1.16. The lowest BCUT2D eigenvalue weighted by atomic mass is 10.0. The maximum atomic E-state index is 4.54. The van der Waals surface area contributed by atoms with E-state index >= 15 is 0 Å². The first-order chi connectivity index (χ1) is 7.43. The van der Waals surface area contributed by atoms with Crippen molar-refractivity contribution in [3.8, 4) is 0 Å². The lowest BCUT2D eigenvalue weighted by Crippen LogP contribution is -2.33. The Hall–Kier alpha value is -0.960. The minimum atomic E-state index is 0.998. The molecule has 2 nitrogen and oxygen atoms in total. The lowest BCUT2D eigenvalue weighted by molar-refractivity contribution is 0.401. The van der Waals surface area contributed by atoms with Crippen molar-refractivity contribution in [2.45, 2.75) is 13.0 Å². The number of benzene rings is 1. The van der Waals surface area contributed by atoms with Crippen LogP contribution in [0.1, 0.15) is 11.1 Å². The molecule has 0 atom stereocenters. The van der Waals surface area contributed by atoms with Crippen LogP contribution in [0, 0.1) is 0 Å². The highest BCUT2D eigenvalue weighted by molar-refractivity contribution is 8.14. The molecule has 0 saturated heterocycles. The van der Waals surface area contributed by atoms with Crippen molar-refractivity contribution in [3.05, 3.63) is 35.4 Å². The van der Waals surface area contributed by atoms with Crippen molar-refractivity contribution in [3.63, 3.8) is 0 Å². The maximum absolute atomic E-state index is 4.54. The van der Waals surface area contributed by atoms with Crippen LogP contribution in [0.3, 0.4) is 0 Å². The van der Waals surface area contributed by atoms with Gasteiger partial charge in [-0.15, -0.1) is 0 Å². The Morgan fingerprint density at radius 2 is 2.07 bits per heavy atom. The summed E-state index contributed by atoms with van der Waals surface area (Å²) < 4.78 is 0. The predicted molar refractivity (Wildman–Crippen MR) is 65.3 cm³/mol. The molecule has 0 amide bonds. The summed E-state index contributed by atoms with van der Waals surface area (Å²) in [6.45, 7) is 3.17. The van der Waals surface area contributed by atoms with E-state index in [1.807, 2.05) is 11.8 Å². The molecule has 0 unspecified atom stereocenters. The molecule has 3 rings (SSSR count). The number of thioether (sulfide) groups is 1. The van der Waals surface area contributed by atoms with Crippen LogP contribution in [0.25, 0.3) is 0 Å². The molecular weight excluding hydrogens is 204 g/mol. The third kappa shape index (κ3) is 1.76. The Balaban J connectivity index is 1.82. The standard InChI is InChI=1S/C12H14N2S/c1-2-4-11-9-14(7-5-10(11)3-1)12-13-6-8-15-12/h1-4H,5-9H2. The van der Waals surface area contributed by atoms with E-state index in [2.05, 4.69) is 34.2 Å². The summed E-state index contributed by atoms with van der Waals surface area (Å²) in [5.41, 5.74) is 2.98. The van der Waals surface area contributed by atoms with Gasteiger partial charge in [0, 0.05) is 18.8 Å². The molecule has 0 aromatic heterocycles. The summed E-state index contributed by atoms with van der Waals surface area (Å²) in [6, 6.07) is 8.75. The average Bonchev–Trinajstić information content (AvgIpc) is 2.82. The van der Waals surface area contributed by atoms with Crippen LogP contribution in [0.2, 0.25) is 0 Å². The summed E-state index contributed by atoms with van der Waals surface area (Å²) in [4.78, 5) is 6.95. The Labute approximate surface area is 94.4 Å². The van der Waals surface area contributed by atoms with Crippen molar-refractivity contribution in [2.24, 2.45) is 4.99 Å². The van der Waals surface area contributed by atoms with Gasteiger partial charge in [-0.2, -0.15) is 0 Å². The maximum Gasteiger partial charge on any atom is 0.159 e. The molecule has 0 N–H and O–H groups in total. The van der Waals surface area contributed by atoms with Crippen LogP contribution in [0.5, 0.6) is 0 Å². The molecule has 78 valence electrons. The van der Waals surface area contributed by atoms with Gasteiger partial charge in [-0.25, -0.2) is 0 Å². The van der Waals surface area contributed by atoms with Crippen LogP contribution in [0.4, 0.5) is 0 Å².